The number of thioether (sulfide) groups is 1. The molecule has 0 saturated carbocycles. The third-order valence-corrected chi connectivity index (χ3v) is 8.71. The van der Waals surface area contributed by atoms with Gasteiger partial charge in [-0.3, -0.25) is 9.59 Å². The van der Waals surface area contributed by atoms with Crippen molar-refractivity contribution in [2.75, 3.05) is 63.0 Å². The van der Waals surface area contributed by atoms with Crippen molar-refractivity contribution >= 4 is 57.6 Å². The molecule has 1 aromatic heterocycles. The Morgan fingerprint density at radius 2 is 1.84 bits per heavy atom. The fraction of sp³-hybridized carbons (Fsp3) is 0.364. The maximum Gasteiger partial charge on any atom is 0.251 e. The zero-order valence-corrected chi connectivity index (χ0v) is 26.8. The van der Waals surface area contributed by atoms with Crippen LogP contribution in [0.5, 0.6) is 0 Å². The largest absolute Gasteiger partial charge is 0.375 e. The fourth-order valence-corrected chi connectivity index (χ4v) is 6.00. The molecule has 0 spiro atoms. The van der Waals surface area contributed by atoms with Crippen LogP contribution in [0.3, 0.4) is 0 Å². The first-order valence-electron chi connectivity index (χ1n) is 14.6. The van der Waals surface area contributed by atoms with Gasteiger partial charge in [-0.15, -0.1) is 0 Å². The maximum atomic E-state index is 13.9. The van der Waals surface area contributed by atoms with Gasteiger partial charge in [0.05, 0.1) is 16.7 Å². The van der Waals surface area contributed by atoms with Crippen LogP contribution in [0, 0.1) is 0 Å². The van der Waals surface area contributed by atoms with Gasteiger partial charge in [0, 0.05) is 48.4 Å². The molecule has 4 aromatic rings. The summed E-state index contributed by atoms with van der Waals surface area (Å²) in [6, 6.07) is 18.7. The van der Waals surface area contributed by atoms with Crippen molar-refractivity contribution in [2.24, 2.45) is 0 Å². The second-order valence-electron chi connectivity index (χ2n) is 11.3. The molecule has 0 radical (unpaired) electrons. The van der Waals surface area contributed by atoms with Gasteiger partial charge in [-0.25, -0.2) is 4.98 Å². The number of halogens is 1. The van der Waals surface area contributed by atoms with E-state index in [2.05, 4.69) is 53.9 Å². The van der Waals surface area contributed by atoms with E-state index in [0.29, 0.717) is 34.9 Å². The summed E-state index contributed by atoms with van der Waals surface area (Å²) in [5.74, 6) is 1.46. The minimum atomic E-state index is -0.555. The van der Waals surface area contributed by atoms with Crippen LogP contribution in [-0.2, 0) is 11.2 Å². The number of imidazole rings is 1. The number of aromatic nitrogens is 2. The van der Waals surface area contributed by atoms with Crippen molar-refractivity contribution in [1.29, 1.82) is 0 Å². The number of anilines is 2. The summed E-state index contributed by atoms with van der Waals surface area (Å²) < 4.78 is 2.03. The standard InChI is InChI=1S/C33H39ClN6O2S/c1-38(2)16-6-17-39(3)25-12-13-27-26(21-25)31-36-28-20-23(32(41)35-15-5-18-43-4)9-14-29(28)40(31)30(33(42)37-27)19-22-7-10-24(34)11-8-22/h7-14,20-21,30H,5-6,15-19H2,1-4H3,(H,35,41)(H,37,42)/t30-/m0/s1. The first-order chi connectivity index (χ1) is 20.7. The lowest BCUT2D eigenvalue weighted by Gasteiger charge is -2.21. The number of fused-ring (bicyclic) bond motifs is 5. The number of hydrogen-bond donors (Lipinski definition) is 2. The Balaban J connectivity index is 1.57. The molecule has 8 nitrogen and oxygen atoms in total. The molecular formula is C33H39ClN6O2S. The summed E-state index contributed by atoms with van der Waals surface area (Å²) in [7, 11) is 6.25. The lowest BCUT2D eigenvalue weighted by atomic mass is 10.0. The van der Waals surface area contributed by atoms with Gasteiger partial charge in [-0.1, -0.05) is 23.7 Å². The van der Waals surface area contributed by atoms with Gasteiger partial charge in [-0.05, 0) is 99.6 Å². The molecule has 0 fully saturated rings. The van der Waals surface area contributed by atoms with Crippen LogP contribution < -0.4 is 15.5 Å². The molecule has 5 rings (SSSR count). The number of carbonyl (C=O) groups is 2. The van der Waals surface area contributed by atoms with Crippen molar-refractivity contribution in [2.45, 2.75) is 25.3 Å². The van der Waals surface area contributed by atoms with Crippen LogP contribution in [0.15, 0.2) is 60.7 Å². The molecule has 10 heteroatoms. The number of benzene rings is 3. The van der Waals surface area contributed by atoms with Crippen molar-refractivity contribution in [1.82, 2.24) is 19.8 Å². The third kappa shape index (κ3) is 7.17. The lowest BCUT2D eigenvalue weighted by molar-refractivity contribution is -0.119. The molecule has 1 aliphatic heterocycles. The summed E-state index contributed by atoms with van der Waals surface area (Å²) in [5.41, 5.74) is 5.65. The van der Waals surface area contributed by atoms with Crippen molar-refractivity contribution < 1.29 is 9.59 Å². The molecule has 43 heavy (non-hydrogen) atoms. The van der Waals surface area contributed by atoms with Gasteiger partial charge in [0.15, 0.2) is 0 Å². The summed E-state index contributed by atoms with van der Waals surface area (Å²) in [4.78, 5) is 36.3. The Kier molecular flexibility index (Phi) is 9.95. The van der Waals surface area contributed by atoms with Crippen LogP contribution in [0.2, 0.25) is 5.02 Å². The number of hydrogen-bond acceptors (Lipinski definition) is 6. The van der Waals surface area contributed by atoms with Gasteiger partial charge < -0.3 is 25.0 Å². The predicted octanol–water partition coefficient (Wildman–Crippen LogP) is 5.96. The van der Waals surface area contributed by atoms with E-state index >= 15 is 0 Å². The molecule has 0 bridgehead atoms. The third-order valence-electron chi connectivity index (χ3n) is 7.76. The lowest BCUT2D eigenvalue weighted by Crippen LogP contribution is -2.26. The van der Waals surface area contributed by atoms with Gasteiger partial charge in [-0.2, -0.15) is 11.8 Å². The predicted molar refractivity (Wildman–Crippen MR) is 180 cm³/mol. The number of nitrogens with zero attached hydrogens (tertiary/aromatic N) is 4. The van der Waals surface area contributed by atoms with E-state index in [1.807, 2.05) is 59.2 Å². The van der Waals surface area contributed by atoms with Crippen LogP contribution in [0.25, 0.3) is 22.4 Å². The summed E-state index contributed by atoms with van der Waals surface area (Å²) in [5, 5.41) is 6.83. The zero-order chi connectivity index (χ0) is 30.5. The monoisotopic (exact) mass is 618 g/mol. The molecule has 3 aromatic carbocycles. The molecule has 0 saturated heterocycles. The van der Waals surface area contributed by atoms with E-state index in [9.17, 15) is 9.59 Å². The van der Waals surface area contributed by atoms with Crippen molar-refractivity contribution in [3.63, 3.8) is 0 Å². The Morgan fingerprint density at radius 3 is 2.58 bits per heavy atom. The topological polar surface area (TPSA) is 82.5 Å². The highest BCUT2D eigenvalue weighted by Gasteiger charge is 2.32. The fourth-order valence-electron chi connectivity index (χ4n) is 5.44. The first-order valence-corrected chi connectivity index (χ1v) is 16.4. The zero-order valence-electron chi connectivity index (χ0n) is 25.2. The average molecular weight is 619 g/mol. The minimum absolute atomic E-state index is 0.114. The molecule has 0 aliphatic carbocycles. The van der Waals surface area contributed by atoms with E-state index in [0.717, 1.165) is 59.7 Å². The number of carbonyl (C=O) groups excluding carboxylic acids is 2. The molecule has 1 atom stereocenters. The van der Waals surface area contributed by atoms with Crippen molar-refractivity contribution in [3.05, 3.63) is 76.8 Å². The van der Waals surface area contributed by atoms with Crippen LogP contribution >= 0.6 is 23.4 Å². The normalized spacial score (nSPS) is 14.3. The van der Waals surface area contributed by atoms with Gasteiger partial charge in [0.2, 0.25) is 5.91 Å². The number of nitrogens with one attached hydrogen (secondary N) is 2. The van der Waals surface area contributed by atoms with E-state index in [4.69, 9.17) is 16.6 Å². The van der Waals surface area contributed by atoms with E-state index < -0.39 is 6.04 Å². The number of amides is 2. The summed E-state index contributed by atoms with van der Waals surface area (Å²) in [6.45, 7) is 2.52. The summed E-state index contributed by atoms with van der Waals surface area (Å²) in [6.07, 6.45) is 4.47. The van der Waals surface area contributed by atoms with Gasteiger partial charge in [0.1, 0.15) is 11.9 Å². The molecule has 2 amide bonds. The Morgan fingerprint density at radius 1 is 1.05 bits per heavy atom. The minimum Gasteiger partial charge on any atom is -0.375 e. The van der Waals surface area contributed by atoms with Gasteiger partial charge >= 0.3 is 0 Å². The maximum absolute atomic E-state index is 13.9. The highest BCUT2D eigenvalue weighted by molar-refractivity contribution is 7.98. The van der Waals surface area contributed by atoms with E-state index in [1.165, 1.54) is 0 Å². The van der Waals surface area contributed by atoms with E-state index in [-0.39, 0.29) is 11.8 Å². The van der Waals surface area contributed by atoms with Crippen LogP contribution in [0.1, 0.15) is 34.8 Å². The van der Waals surface area contributed by atoms with E-state index in [1.54, 1.807) is 11.8 Å². The Hall–Kier alpha value is -3.53. The van der Waals surface area contributed by atoms with Crippen LogP contribution in [-0.4, -0.2) is 79.1 Å². The molecule has 1 aliphatic rings. The quantitative estimate of drug-likeness (QED) is 0.191. The second kappa shape index (κ2) is 13.8. The van der Waals surface area contributed by atoms with Crippen LogP contribution in [0.4, 0.5) is 11.4 Å². The van der Waals surface area contributed by atoms with Gasteiger partial charge in [0.25, 0.3) is 5.91 Å². The Bertz CT molecular complexity index is 1600. The molecular weight excluding hydrogens is 580 g/mol. The highest BCUT2D eigenvalue weighted by atomic mass is 35.5. The molecule has 226 valence electrons. The summed E-state index contributed by atoms with van der Waals surface area (Å²) >= 11 is 7.92. The molecule has 2 N–H and O–H groups in total. The molecule has 0 unspecified atom stereocenters. The first kappa shape index (κ1) is 30.9. The van der Waals surface area contributed by atoms with Crippen molar-refractivity contribution in [3.8, 4) is 11.4 Å². The number of rotatable bonds is 12. The SMILES string of the molecule is CSCCCNC(=O)c1ccc2c(c1)nc1n2[C@@H](Cc2ccc(Cl)cc2)C(=O)Nc2ccc(N(C)CCCN(C)C)cc2-1. The second-order valence-corrected chi connectivity index (χ2v) is 12.7. The smallest absolute Gasteiger partial charge is 0.251 e. The molecule has 2 heterocycles. The highest BCUT2D eigenvalue weighted by Crippen LogP contribution is 2.39. The average Bonchev–Trinajstić information content (AvgIpc) is 3.32. The Labute approximate surface area is 262 Å².